The van der Waals surface area contributed by atoms with E-state index >= 15 is 0 Å². The van der Waals surface area contributed by atoms with Crippen LogP contribution in [0.2, 0.25) is 0 Å². The highest BCUT2D eigenvalue weighted by molar-refractivity contribution is 6.13. The van der Waals surface area contributed by atoms with Crippen molar-refractivity contribution >= 4 is 71.9 Å². The lowest BCUT2D eigenvalue weighted by atomic mass is 9.83. The van der Waals surface area contributed by atoms with Crippen molar-refractivity contribution in [3.8, 4) is 39.6 Å². The summed E-state index contributed by atoms with van der Waals surface area (Å²) < 4.78 is 7.27. The predicted molar refractivity (Wildman–Crippen MR) is 333 cm³/mol. The van der Waals surface area contributed by atoms with E-state index in [1.165, 1.54) is 122 Å². The lowest BCUT2D eigenvalue weighted by molar-refractivity contribution is 0.756. The van der Waals surface area contributed by atoms with Crippen LogP contribution in [0.3, 0.4) is 0 Å². The van der Waals surface area contributed by atoms with Gasteiger partial charge < -0.3 is 9.88 Å². The van der Waals surface area contributed by atoms with Crippen molar-refractivity contribution in [3.05, 3.63) is 275 Å². The molecule has 16 rings (SSSR count). The van der Waals surface area contributed by atoms with E-state index in [1.807, 2.05) is 12.4 Å². The van der Waals surface area contributed by atoms with Crippen LogP contribution in [0.1, 0.15) is 57.0 Å². The number of hydrogen-bond donors (Lipinski definition) is 1. The predicted octanol–water partition coefficient (Wildman–Crippen LogP) is 17.8. The average molecular weight is 1030 g/mol. The van der Waals surface area contributed by atoms with Crippen LogP contribution in [0, 0.1) is 13.8 Å². The number of hydrogen-bond acceptors (Lipinski definition) is 3. The lowest BCUT2D eigenvalue weighted by Gasteiger charge is -2.27. The molecular weight excluding hydrogens is 973 g/mol. The number of nitrogens with one attached hydrogen (secondary N) is 1. The second kappa shape index (κ2) is 18.4. The Bertz CT molecular complexity index is 4770. The molecule has 5 heterocycles. The maximum atomic E-state index is 5.08. The van der Waals surface area contributed by atoms with Gasteiger partial charge in [-0.3, -0.25) is 9.13 Å². The molecular formula is C74H56N6. The van der Waals surface area contributed by atoms with Crippen LogP contribution in [-0.2, 0) is 19.3 Å². The van der Waals surface area contributed by atoms with E-state index in [9.17, 15) is 0 Å². The molecule has 80 heavy (non-hydrogen) atoms. The maximum absolute atomic E-state index is 5.08. The van der Waals surface area contributed by atoms with Gasteiger partial charge in [0.15, 0.2) is 0 Å². The number of pyridine rings is 2. The summed E-state index contributed by atoms with van der Waals surface area (Å²) in [5.41, 5.74) is 25.0. The minimum Gasteiger partial charge on any atom is -0.378 e. The van der Waals surface area contributed by atoms with Gasteiger partial charge in [-0.15, -0.1) is 0 Å². The molecule has 5 aromatic heterocycles. The van der Waals surface area contributed by atoms with E-state index in [1.54, 1.807) is 0 Å². The van der Waals surface area contributed by atoms with Crippen molar-refractivity contribution in [2.45, 2.75) is 51.5 Å². The summed E-state index contributed by atoms with van der Waals surface area (Å²) in [6.07, 6.45) is 19.1. The van der Waals surface area contributed by atoms with E-state index in [0.717, 1.165) is 54.0 Å². The van der Waals surface area contributed by atoms with Crippen LogP contribution in [0.4, 0.5) is 5.69 Å². The van der Waals surface area contributed by atoms with Crippen molar-refractivity contribution in [1.29, 1.82) is 0 Å². The summed E-state index contributed by atoms with van der Waals surface area (Å²) in [6, 6.07) is 72.2. The molecule has 0 bridgehead atoms. The van der Waals surface area contributed by atoms with Crippen LogP contribution in [0.25, 0.3) is 106 Å². The Balaban J connectivity index is 0.834. The Morgan fingerprint density at radius 3 is 1.82 bits per heavy atom. The van der Waals surface area contributed by atoms with Crippen molar-refractivity contribution in [3.63, 3.8) is 0 Å². The first kappa shape index (κ1) is 46.3. The van der Waals surface area contributed by atoms with Crippen LogP contribution < -0.4 is 5.32 Å². The highest BCUT2D eigenvalue weighted by atomic mass is 15.1. The van der Waals surface area contributed by atoms with Gasteiger partial charge in [-0.05, 0) is 210 Å². The molecule has 2 unspecified atom stereocenters. The van der Waals surface area contributed by atoms with Crippen molar-refractivity contribution in [1.82, 2.24) is 23.7 Å². The monoisotopic (exact) mass is 1030 g/mol. The third-order valence-electron chi connectivity index (χ3n) is 17.4. The molecule has 3 aliphatic rings. The van der Waals surface area contributed by atoms with Crippen molar-refractivity contribution in [2.24, 2.45) is 0 Å². The molecule has 1 N–H and O–H groups in total. The number of para-hydroxylation sites is 3. The molecule has 0 saturated carbocycles. The third-order valence-corrected chi connectivity index (χ3v) is 17.4. The van der Waals surface area contributed by atoms with E-state index in [2.05, 4.69) is 257 Å². The third kappa shape index (κ3) is 7.54. The van der Waals surface area contributed by atoms with E-state index < -0.39 is 0 Å². The highest BCUT2D eigenvalue weighted by Gasteiger charge is 2.28. The molecule has 6 nitrogen and oxygen atoms in total. The Morgan fingerprint density at radius 2 is 1.05 bits per heavy atom. The zero-order valence-electron chi connectivity index (χ0n) is 44.7. The second-order valence-electron chi connectivity index (χ2n) is 22.2. The van der Waals surface area contributed by atoms with Gasteiger partial charge in [0.1, 0.15) is 11.6 Å². The normalized spacial score (nSPS) is 15.7. The molecule has 13 aromatic rings. The smallest absolute Gasteiger partial charge is 0.137 e. The zero-order chi connectivity index (χ0) is 53.0. The summed E-state index contributed by atoms with van der Waals surface area (Å²) in [7, 11) is 0. The number of allylic oxidation sites excluding steroid dienone is 3. The molecule has 382 valence electrons. The maximum Gasteiger partial charge on any atom is 0.137 e. The first-order valence-electron chi connectivity index (χ1n) is 28.2. The molecule has 0 radical (unpaired) electrons. The lowest BCUT2D eigenvalue weighted by Crippen LogP contribution is -2.25. The molecule has 0 spiro atoms. The van der Waals surface area contributed by atoms with Crippen LogP contribution in [0.15, 0.2) is 231 Å². The quantitative estimate of drug-likeness (QED) is 0.165. The Kier molecular flexibility index (Phi) is 10.7. The number of rotatable bonds is 8. The van der Waals surface area contributed by atoms with Crippen LogP contribution in [0.5, 0.6) is 0 Å². The van der Waals surface area contributed by atoms with Gasteiger partial charge >= 0.3 is 0 Å². The Hall–Kier alpha value is -9.78. The summed E-state index contributed by atoms with van der Waals surface area (Å²) in [4.78, 5) is 10.1. The topological polar surface area (TPSA) is 52.6 Å². The molecule has 6 heteroatoms. The molecule has 0 saturated heterocycles. The number of fused-ring (bicyclic) bond motifs is 12. The fourth-order valence-corrected chi connectivity index (χ4v) is 13.6. The molecule has 0 fully saturated rings. The summed E-state index contributed by atoms with van der Waals surface area (Å²) >= 11 is 0. The molecule has 0 aliphatic heterocycles. The Morgan fingerprint density at radius 1 is 0.438 bits per heavy atom. The first-order valence-corrected chi connectivity index (χ1v) is 28.2. The first-order chi connectivity index (χ1) is 39.5. The summed E-state index contributed by atoms with van der Waals surface area (Å²) in [5, 5.41) is 10.1. The molecule has 0 amide bonds. The minimum atomic E-state index is 0.138. The fourth-order valence-electron chi connectivity index (χ4n) is 13.6. The molecule has 8 aromatic carbocycles. The van der Waals surface area contributed by atoms with Gasteiger partial charge in [-0.2, -0.15) is 0 Å². The molecule has 3 aliphatic carbocycles. The van der Waals surface area contributed by atoms with Gasteiger partial charge in [-0.25, -0.2) is 9.97 Å². The highest BCUT2D eigenvalue weighted by Crippen LogP contribution is 2.47. The van der Waals surface area contributed by atoms with Crippen molar-refractivity contribution < 1.29 is 0 Å². The number of anilines is 1. The van der Waals surface area contributed by atoms with Gasteiger partial charge in [0.25, 0.3) is 0 Å². The number of benzene rings is 8. The van der Waals surface area contributed by atoms with Crippen LogP contribution in [-0.4, -0.2) is 29.7 Å². The van der Waals surface area contributed by atoms with E-state index in [-0.39, 0.29) is 12.0 Å². The van der Waals surface area contributed by atoms with Gasteiger partial charge in [0.2, 0.25) is 0 Å². The fraction of sp³-hybridized carbons (Fsp3) is 0.108. The summed E-state index contributed by atoms with van der Waals surface area (Å²) in [6.45, 7) is 4.33. The minimum absolute atomic E-state index is 0.138. The SMILES string of the molecule is Cc1ccnc(-n2c3c(c4cc5c(cc42)-c2cc4c(cc2CC5)c2cc(-c5cccc(C6C=CC=CC6Nc6ccccc6)c5)ccc2n4-c2cc(C)ccn2)C=C(c2ccc4c(c2)c2ccccc2n4-c2ccccc2)CC3)c1. The van der Waals surface area contributed by atoms with Crippen LogP contribution >= 0.6 is 0 Å². The Labute approximate surface area is 465 Å². The summed E-state index contributed by atoms with van der Waals surface area (Å²) in [5.74, 6) is 2.08. The number of aryl methyl sites for hydroxylation is 4. The standard InChI is InChI=1S/C74H56N6/c1-46-32-34-75-73(36-46)79-69-30-27-49(48-14-13-15-52(38-48)57-20-9-11-22-66(57)77-55-16-5-3-6-17-55)40-62(69)64-42-53-24-25-54-43-65-63-41-51(50-26-29-68-61(39-50)58-21-10-12-23-67(58)78(68)56-18-7-4-8-19-56)28-31-70(63)80(74-37-47(2)33-35-76-74)72(65)45-60(54)59(53)44-71(64)79/h3-23,26-27,29-30,32-45,57,66,77H,24-25,28,31H2,1-2H3. The zero-order valence-corrected chi connectivity index (χ0v) is 44.7. The number of aromatic nitrogens is 5. The second-order valence-corrected chi connectivity index (χ2v) is 22.2. The largest absolute Gasteiger partial charge is 0.378 e. The average Bonchev–Trinajstić information content (AvgIpc) is 4.13. The van der Waals surface area contributed by atoms with Gasteiger partial charge in [0, 0.05) is 67.9 Å². The van der Waals surface area contributed by atoms with Gasteiger partial charge in [-0.1, -0.05) is 115 Å². The van der Waals surface area contributed by atoms with E-state index in [4.69, 9.17) is 9.97 Å². The molecule has 2 atom stereocenters. The number of nitrogens with zero attached hydrogens (tertiary/aromatic N) is 5. The van der Waals surface area contributed by atoms with Gasteiger partial charge in [0.05, 0.1) is 33.6 Å². The van der Waals surface area contributed by atoms with Crippen molar-refractivity contribution in [2.75, 3.05) is 5.32 Å². The van der Waals surface area contributed by atoms with E-state index in [0.29, 0.717) is 0 Å².